The summed E-state index contributed by atoms with van der Waals surface area (Å²) in [7, 11) is -0.780. The van der Waals surface area contributed by atoms with Crippen molar-refractivity contribution in [1.29, 1.82) is 0 Å². The van der Waals surface area contributed by atoms with Crippen LogP contribution in [0.5, 0.6) is 0 Å². The highest BCUT2D eigenvalue weighted by atomic mass is 28.3. The Morgan fingerprint density at radius 1 is 0.667 bits per heavy atom. The number of benzene rings is 2. The quantitative estimate of drug-likeness (QED) is 0.681. The van der Waals surface area contributed by atoms with Crippen molar-refractivity contribution in [3.63, 3.8) is 0 Å². The monoisotopic (exact) mass is 348 g/mol. The van der Waals surface area contributed by atoms with E-state index in [0.29, 0.717) is 5.41 Å². The molecule has 2 aromatic rings. The molecule has 24 heavy (non-hydrogen) atoms. The van der Waals surface area contributed by atoms with Crippen LogP contribution >= 0.6 is 0 Å². The summed E-state index contributed by atoms with van der Waals surface area (Å²) in [6.45, 7) is 9.68. The van der Waals surface area contributed by atoms with Crippen LogP contribution in [-0.4, -0.2) is 17.6 Å². The van der Waals surface area contributed by atoms with Crippen LogP contribution in [0.4, 0.5) is 0 Å². The maximum atomic E-state index is 2.60. The van der Waals surface area contributed by atoms with Gasteiger partial charge in [-0.15, -0.1) is 0 Å². The predicted octanol–water partition coefficient (Wildman–Crippen LogP) is 4.84. The van der Waals surface area contributed by atoms with Crippen molar-refractivity contribution >= 4 is 28.0 Å². The van der Waals surface area contributed by atoms with Gasteiger partial charge in [0.1, 0.15) is 0 Å². The molecule has 1 spiro atoms. The van der Waals surface area contributed by atoms with E-state index < -0.39 is 17.6 Å². The topological polar surface area (TPSA) is 0 Å². The minimum absolute atomic E-state index is 0.323. The van der Waals surface area contributed by atoms with Crippen molar-refractivity contribution < 1.29 is 0 Å². The zero-order valence-corrected chi connectivity index (χ0v) is 17.5. The second-order valence-electron chi connectivity index (χ2n) is 8.16. The molecular formula is C22H28Si2. The smallest absolute Gasteiger partial charge is 0.0671 e. The molecule has 0 saturated heterocycles. The van der Waals surface area contributed by atoms with Crippen LogP contribution in [0.25, 0.3) is 11.1 Å². The fourth-order valence-electron chi connectivity index (χ4n) is 4.81. The predicted molar refractivity (Wildman–Crippen MR) is 110 cm³/mol. The van der Waals surface area contributed by atoms with E-state index in [-0.39, 0.29) is 0 Å². The fourth-order valence-corrected chi connectivity index (χ4v) is 6.51. The van der Waals surface area contributed by atoms with Gasteiger partial charge in [-0.1, -0.05) is 92.2 Å². The normalized spacial score (nSPS) is 18.2. The molecule has 1 saturated carbocycles. The van der Waals surface area contributed by atoms with Gasteiger partial charge in [0.15, 0.2) is 0 Å². The van der Waals surface area contributed by atoms with Gasteiger partial charge in [-0.2, -0.15) is 0 Å². The van der Waals surface area contributed by atoms with Crippen LogP contribution in [-0.2, 0) is 5.41 Å². The molecule has 0 aliphatic heterocycles. The molecule has 0 amide bonds. The Kier molecular flexibility index (Phi) is 4.08. The van der Waals surface area contributed by atoms with Gasteiger partial charge < -0.3 is 0 Å². The summed E-state index contributed by atoms with van der Waals surface area (Å²) in [4.78, 5) is 0. The van der Waals surface area contributed by atoms with E-state index in [1.165, 1.54) is 43.2 Å². The first-order chi connectivity index (χ1) is 11.5. The van der Waals surface area contributed by atoms with E-state index in [1.54, 1.807) is 21.5 Å². The third-order valence-corrected chi connectivity index (χ3v) is 9.15. The largest absolute Gasteiger partial charge is 0.0791 e. The molecule has 1 fully saturated rings. The van der Waals surface area contributed by atoms with E-state index in [9.17, 15) is 0 Å². The van der Waals surface area contributed by atoms with Crippen molar-refractivity contribution in [2.45, 2.75) is 63.7 Å². The molecule has 0 aromatic heterocycles. The van der Waals surface area contributed by atoms with E-state index in [0.717, 1.165) is 0 Å². The van der Waals surface area contributed by atoms with Crippen LogP contribution in [0.3, 0.4) is 0 Å². The summed E-state index contributed by atoms with van der Waals surface area (Å²) in [6, 6.07) is 14.9. The highest BCUT2D eigenvalue weighted by Crippen LogP contribution is 2.55. The molecule has 124 valence electrons. The number of hydrogen-bond acceptors (Lipinski definition) is 0. The highest BCUT2D eigenvalue weighted by Gasteiger charge is 2.43. The Morgan fingerprint density at radius 3 is 1.54 bits per heavy atom. The van der Waals surface area contributed by atoms with Crippen molar-refractivity contribution in [2.75, 3.05) is 0 Å². The summed E-state index contributed by atoms with van der Waals surface area (Å²) < 4.78 is 0. The summed E-state index contributed by atoms with van der Waals surface area (Å²) in [5.74, 6) is 0. The average Bonchev–Trinajstić information content (AvgIpc) is 2.85. The molecular weight excluding hydrogens is 320 g/mol. The third kappa shape index (κ3) is 2.38. The lowest BCUT2D eigenvalue weighted by Crippen LogP contribution is -2.32. The minimum atomic E-state index is -0.390. The molecule has 0 N–H and O–H groups in total. The van der Waals surface area contributed by atoms with Gasteiger partial charge in [-0.05, 0) is 35.1 Å². The first kappa shape index (κ1) is 16.3. The molecule has 2 aliphatic rings. The lowest BCUT2D eigenvalue weighted by Gasteiger charge is -2.36. The lowest BCUT2D eigenvalue weighted by molar-refractivity contribution is 0.353. The maximum absolute atomic E-state index is 2.60. The first-order valence-corrected chi connectivity index (χ1v) is 14.4. The fraction of sp³-hybridized carbons (Fsp3) is 0.455. The summed E-state index contributed by atoms with van der Waals surface area (Å²) in [5.41, 5.74) is 6.72. The van der Waals surface area contributed by atoms with Gasteiger partial charge in [-0.25, -0.2) is 0 Å². The van der Waals surface area contributed by atoms with Gasteiger partial charge in [0.2, 0.25) is 0 Å². The average molecular weight is 349 g/mol. The standard InChI is InChI=1S/C22H28Si2/c1-23(2)16-8-10-18-19-11-9-17(24(3)4)15-21(19)22(20(18)14-16)12-6-5-7-13-22/h8-11,14-15H,5-7,12-13H2,1-4H3. The molecule has 0 unspecified atom stereocenters. The van der Waals surface area contributed by atoms with Crippen LogP contribution in [0.2, 0.25) is 26.2 Å². The van der Waals surface area contributed by atoms with Crippen molar-refractivity contribution in [1.82, 2.24) is 0 Å². The summed E-state index contributed by atoms with van der Waals surface area (Å²) in [5, 5.41) is 3.21. The minimum Gasteiger partial charge on any atom is -0.0671 e. The van der Waals surface area contributed by atoms with E-state index in [1.807, 2.05) is 0 Å². The number of rotatable bonds is 2. The molecule has 0 bridgehead atoms. The molecule has 4 rings (SSSR count). The van der Waals surface area contributed by atoms with Crippen molar-refractivity contribution in [2.24, 2.45) is 0 Å². The van der Waals surface area contributed by atoms with E-state index in [4.69, 9.17) is 0 Å². The number of fused-ring (bicyclic) bond motifs is 5. The Labute approximate surface area is 150 Å². The van der Waals surface area contributed by atoms with Crippen molar-refractivity contribution in [3.05, 3.63) is 47.5 Å². The molecule has 0 nitrogen and oxygen atoms in total. The second kappa shape index (κ2) is 5.99. The SMILES string of the molecule is C[Si](C)c1ccc2c(c1)C1(CCCCC1)c1cc([Si](C)C)ccc1-2. The zero-order chi connectivity index (χ0) is 16.9. The van der Waals surface area contributed by atoms with Gasteiger partial charge >= 0.3 is 0 Å². The molecule has 2 heteroatoms. The van der Waals surface area contributed by atoms with Gasteiger partial charge in [-0.3, -0.25) is 0 Å². The third-order valence-electron chi connectivity index (χ3n) is 6.22. The zero-order valence-electron chi connectivity index (χ0n) is 15.5. The van der Waals surface area contributed by atoms with Crippen LogP contribution in [0.15, 0.2) is 36.4 Å². The van der Waals surface area contributed by atoms with E-state index in [2.05, 4.69) is 62.6 Å². The Hall–Kier alpha value is -1.13. The molecule has 2 aliphatic carbocycles. The highest BCUT2D eigenvalue weighted by molar-refractivity contribution is 6.71. The van der Waals surface area contributed by atoms with Gasteiger partial charge in [0.05, 0.1) is 17.6 Å². The van der Waals surface area contributed by atoms with Gasteiger partial charge in [0.25, 0.3) is 0 Å². The lowest BCUT2D eigenvalue weighted by atomic mass is 9.68. The molecule has 0 heterocycles. The number of hydrogen-bond donors (Lipinski definition) is 0. The molecule has 0 atom stereocenters. The molecule has 2 radical (unpaired) electrons. The Balaban J connectivity index is 1.95. The summed E-state index contributed by atoms with van der Waals surface area (Å²) in [6.07, 6.45) is 6.90. The van der Waals surface area contributed by atoms with Crippen molar-refractivity contribution in [3.8, 4) is 11.1 Å². The molecule has 2 aromatic carbocycles. The van der Waals surface area contributed by atoms with E-state index >= 15 is 0 Å². The Morgan fingerprint density at radius 2 is 1.12 bits per heavy atom. The van der Waals surface area contributed by atoms with Crippen LogP contribution < -0.4 is 10.4 Å². The maximum Gasteiger partial charge on any atom is 0.0791 e. The van der Waals surface area contributed by atoms with Crippen LogP contribution in [0, 0.1) is 0 Å². The summed E-state index contributed by atoms with van der Waals surface area (Å²) >= 11 is 0. The van der Waals surface area contributed by atoms with Gasteiger partial charge in [0, 0.05) is 5.41 Å². The second-order valence-corrected chi connectivity index (χ2v) is 13.3. The first-order valence-electron chi connectivity index (χ1n) is 9.43. The van der Waals surface area contributed by atoms with Crippen LogP contribution in [0.1, 0.15) is 43.2 Å². The Bertz CT molecular complexity index is 708.